The average Bonchev–Trinajstić information content (AvgIpc) is 2.05. The molecular weight excluding hydrogens is 212 g/mol. The largest absolute Gasteiger partial charge is 0.479 e. The standard InChI is InChI=1S/C7H6BrOS/c8-7(10-9)6-4-2-1-3-5-6/h1-5,7H/q+1. The van der Waals surface area contributed by atoms with Gasteiger partial charge in [0.15, 0.2) is 0 Å². The number of rotatable bonds is 2. The number of benzene rings is 1. The molecule has 0 aromatic heterocycles. The molecule has 0 heterocycles. The van der Waals surface area contributed by atoms with E-state index in [4.69, 9.17) is 0 Å². The molecule has 10 heavy (non-hydrogen) atoms. The summed E-state index contributed by atoms with van der Waals surface area (Å²) in [5.74, 6) is 0. The molecule has 0 saturated carbocycles. The predicted octanol–water partition coefficient (Wildman–Crippen LogP) is 2.51. The summed E-state index contributed by atoms with van der Waals surface area (Å²) in [6.45, 7) is 0. The molecule has 0 amide bonds. The molecule has 0 aliphatic heterocycles. The fourth-order valence-corrected chi connectivity index (χ4v) is 1.23. The van der Waals surface area contributed by atoms with Crippen molar-refractivity contribution in [1.29, 1.82) is 0 Å². The van der Waals surface area contributed by atoms with Crippen molar-refractivity contribution in [2.75, 3.05) is 0 Å². The Morgan fingerprint density at radius 2 is 1.90 bits per heavy atom. The fourth-order valence-electron chi connectivity index (χ4n) is 0.660. The van der Waals surface area contributed by atoms with Crippen LogP contribution in [0.1, 0.15) is 9.72 Å². The van der Waals surface area contributed by atoms with E-state index in [2.05, 4.69) is 15.9 Å². The second kappa shape index (κ2) is 3.78. The molecule has 1 unspecified atom stereocenters. The molecule has 1 aromatic carbocycles. The minimum Gasteiger partial charge on any atom is -0.0622 e. The highest BCUT2D eigenvalue weighted by Gasteiger charge is 2.17. The molecule has 1 aromatic rings. The van der Waals surface area contributed by atoms with Gasteiger partial charge >= 0.3 is 15.8 Å². The Morgan fingerprint density at radius 1 is 1.30 bits per heavy atom. The Kier molecular flexibility index (Phi) is 2.96. The van der Waals surface area contributed by atoms with Gasteiger partial charge in [0.1, 0.15) is 0 Å². The van der Waals surface area contributed by atoms with Crippen molar-refractivity contribution in [3.05, 3.63) is 35.9 Å². The molecular formula is C7H6BrOS+. The van der Waals surface area contributed by atoms with Gasteiger partial charge in [-0.3, -0.25) is 0 Å². The molecule has 1 rings (SSSR count). The third-order valence-electron chi connectivity index (χ3n) is 1.15. The molecule has 0 fully saturated rings. The number of hydrogen-bond donors (Lipinski definition) is 0. The lowest BCUT2D eigenvalue weighted by Crippen LogP contribution is -1.83. The van der Waals surface area contributed by atoms with E-state index in [1.165, 1.54) is 0 Å². The van der Waals surface area contributed by atoms with Gasteiger partial charge in [-0.2, -0.15) is 0 Å². The smallest absolute Gasteiger partial charge is 0.0622 e. The normalized spacial score (nSPS) is 12.5. The number of halogens is 1. The van der Waals surface area contributed by atoms with Gasteiger partial charge in [0.05, 0.1) is 0 Å². The lowest BCUT2D eigenvalue weighted by molar-refractivity contribution is 0.604. The first-order valence-electron chi connectivity index (χ1n) is 2.82. The molecule has 0 radical (unpaired) electrons. The summed E-state index contributed by atoms with van der Waals surface area (Å²) in [7, 11) is 0. The van der Waals surface area contributed by atoms with Crippen LogP contribution in [-0.4, -0.2) is 0 Å². The Morgan fingerprint density at radius 3 is 2.40 bits per heavy atom. The van der Waals surface area contributed by atoms with Crippen molar-refractivity contribution in [3.63, 3.8) is 0 Å². The SMILES string of the molecule is O=[S+]C(Br)c1ccccc1. The van der Waals surface area contributed by atoms with E-state index in [-0.39, 0.29) is 4.16 Å². The van der Waals surface area contributed by atoms with Crippen molar-refractivity contribution < 1.29 is 4.21 Å². The monoisotopic (exact) mass is 217 g/mol. The zero-order chi connectivity index (χ0) is 7.40. The van der Waals surface area contributed by atoms with Gasteiger partial charge in [0, 0.05) is 9.77 Å². The van der Waals surface area contributed by atoms with E-state index in [1.54, 1.807) is 0 Å². The van der Waals surface area contributed by atoms with Gasteiger partial charge in [-0.1, -0.05) is 30.3 Å². The lowest BCUT2D eigenvalue weighted by Gasteiger charge is -1.89. The van der Waals surface area contributed by atoms with Crippen molar-refractivity contribution in [2.45, 2.75) is 4.16 Å². The number of hydrogen-bond acceptors (Lipinski definition) is 1. The molecule has 0 aliphatic carbocycles. The maximum Gasteiger partial charge on any atom is 0.479 e. The molecule has 0 N–H and O–H groups in total. The highest BCUT2D eigenvalue weighted by molar-refractivity contribution is 9.10. The van der Waals surface area contributed by atoms with Crippen LogP contribution in [0.2, 0.25) is 0 Å². The van der Waals surface area contributed by atoms with Gasteiger partial charge < -0.3 is 0 Å². The first-order valence-corrected chi connectivity index (χ1v) is 4.54. The van der Waals surface area contributed by atoms with Gasteiger partial charge in [0.25, 0.3) is 0 Å². The molecule has 0 spiro atoms. The summed E-state index contributed by atoms with van der Waals surface area (Å²) < 4.78 is 10.2. The third kappa shape index (κ3) is 1.85. The van der Waals surface area contributed by atoms with Crippen molar-refractivity contribution >= 4 is 27.6 Å². The van der Waals surface area contributed by atoms with Gasteiger partial charge in [-0.05, 0) is 15.9 Å². The summed E-state index contributed by atoms with van der Waals surface area (Å²) in [6, 6.07) is 9.60. The van der Waals surface area contributed by atoms with E-state index in [9.17, 15) is 4.21 Å². The summed E-state index contributed by atoms with van der Waals surface area (Å²) >= 11 is 3.78. The first-order chi connectivity index (χ1) is 4.84. The van der Waals surface area contributed by atoms with E-state index in [1.807, 2.05) is 30.3 Å². The first kappa shape index (κ1) is 7.82. The molecule has 1 atom stereocenters. The Labute approximate surface area is 72.1 Å². The molecule has 0 aliphatic rings. The van der Waals surface area contributed by atoms with Crippen LogP contribution < -0.4 is 0 Å². The van der Waals surface area contributed by atoms with Gasteiger partial charge in [0.2, 0.25) is 0 Å². The minimum absolute atomic E-state index is 0.117. The lowest BCUT2D eigenvalue weighted by atomic mass is 10.2. The van der Waals surface area contributed by atoms with E-state index >= 15 is 0 Å². The van der Waals surface area contributed by atoms with Gasteiger partial charge in [-0.15, -0.1) is 0 Å². The predicted molar refractivity (Wildman–Crippen MR) is 46.2 cm³/mol. The maximum atomic E-state index is 10.3. The Bertz CT molecular complexity index is 212. The average molecular weight is 218 g/mol. The van der Waals surface area contributed by atoms with Crippen LogP contribution in [-0.2, 0) is 15.9 Å². The third-order valence-corrected chi connectivity index (χ3v) is 2.57. The topological polar surface area (TPSA) is 17.1 Å². The summed E-state index contributed by atoms with van der Waals surface area (Å²) in [4.78, 5) is 0. The van der Waals surface area contributed by atoms with Crippen molar-refractivity contribution in [3.8, 4) is 0 Å². The van der Waals surface area contributed by atoms with Crippen LogP contribution in [0, 0.1) is 0 Å². The van der Waals surface area contributed by atoms with Crippen LogP contribution in [0.25, 0.3) is 0 Å². The summed E-state index contributed by atoms with van der Waals surface area (Å²) in [5.41, 5.74) is 1.02. The Balaban J connectivity index is 2.84. The highest BCUT2D eigenvalue weighted by atomic mass is 79.9. The zero-order valence-corrected chi connectivity index (χ0v) is 7.56. The molecule has 3 heteroatoms. The number of alkyl halides is 1. The summed E-state index contributed by atoms with van der Waals surface area (Å²) in [6.07, 6.45) is 0. The second-order valence-corrected chi connectivity index (χ2v) is 4.01. The highest BCUT2D eigenvalue weighted by Crippen LogP contribution is 2.20. The quantitative estimate of drug-likeness (QED) is 0.550. The van der Waals surface area contributed by atoms with Crippen molar-refractivity contribution in [1.82, 2.24) is 0 Å². The van der Waals surface area contributed by atoms with Crippen molar-refractivity contribution in [2.24, 2.45) is 0 Å². The maximum absolute atomic E-state index is 10.3. The minimum atomic E-state index is -0.117. The fraction of sp³-hybridized carbons (Fsp3) is 0.143. The van der Waals surface area contributed by atoms with Crippen LogP contribution in [0.15, 0.2) is 30.3 Å². The Hall–Kier alpha value is -0.280. The van der Waals surface area contributed by atoms with Crippen LogP contribution >= 0.6 is 15.9 Å². The zero-order valence-electron chi connectivity index (χ0n) is 5.16. The molecule has 1 nitrogen and oxygen atoms in total. The molecule has 0 bridgehead atoms. The summed E-state index contributed by atoms with van der Waals surface area (Å²) in [5, 5.41) is 0. The van der Waals surface area contributed by atoms with E-state index in [0.29, 0.717) is 11.7 Å². The van der Waals surface area contributed by atoms with Crippen LogP contribution in [0.4, 0.5) is 0 Å². The molecule has 52 valence electrons. The van der Waals surface area contributed by atoms with Crippen LogP contribution in [0.3, 0.4) is 0 Å². The van der Waals surface area contributed by atoms with Gasteiger partial charge in [-0.25, -0.2) is 0 Å². The molecule has 0 saturated heterocycles. The van der Waals surface area contributed by atoms with E-state index < -0.39 is 0 Å². The van der Waals surface area contributed by atoms with E-state index in [0.717, 1.165) is 5.56 Å². The second-order valence-electron chi connectivity index (χ2n) is 1.82. The van der Waals surface area contributed by atoms with Crippen LogP contribution in [0.5, 0.6) is 0 Å².